The Hall–Kier alpha value is -2.34. The molecule has 0 aliphatic heterocycles. The molecule has 0 saturated heterocycles. The van der Waals surface area contributed by atoms with Crippen LogP contribution < -0.4 is 16.0 Å². The van der Waals surface area contributed by atoms with Gasteiger partial charge in [-0.2, -0.15) is 0 Å². The summed E-state index contributed by atoms with van der Waals surface area (Å²) in [6, 6.07) is 7.24. The third-order valence-electron chi connectivity index (χ3n) is 3.41. The average Bonchev–Trinajstić information content (AvgIpc) is 2.53. The lowest BCUT2D eigenvalue weighted by Crippen LogP contribution is -2.25. The van der Waals surface area contributed by atoms with Crippen molar-refractivity contribution in [2.24, 2.45) is 5.73 Å². The minimum absolute atomic E-state index is 0.0311. The zero-order valence-corrected chi connectivity index (χ0v) is 12.8. The van der Waals surface area contributed by atoms with Crippen LogP contribution in [0.5, 0.6) is 5.75 Å². The van der Waals surface area contributed by atoms with E-state index in [2.05, 4.69) is 4.74 Å². The van der Waals surface area contributed by atoms with E-state index in [0.29, 0.717) is 31.0 Å². The van der Waals surface area contributed by atoms with E-state index in [9.17, 15) is 9.59 Å². The van der Waals surface area contributed by atoms with Crippen LogP contribution in [0.4, 0.5) is 0 Å². The van der Waals surface area contributed by atoms with E-state index in [4.69, 9.17) is 10.5 Å². The number of fused-ring (bicyclic) bond motifs is 1. The fourth-order valence-corrected chi connectivity index (χ4v) is 2.35. The quantitative estimate of drug-likeness (QED) is 0.807. The Morgan fingerprint density at radius 1 is 1.32 bits per heavy atom. The van der Waals surface area contributed by atoms with Crippen LogP contribution in [-0.4, -0.2) is 30.8 Å². The van der Waals surface area contributed by atoms with Crippen LogP contribution in [0.3, 0.4) is 0 Å². The van der Waals surface area contributed by atoms with Crippen LogP contribution >= 0.6 is 0 Å². The van der Waals surface area contributed by atoms with Crippen molar-refractivity contribution >= 4 is 16.9 Å². The predicted molar refractivity (Wildman–Crippen MR) is 84.2 cm³/mol. The summed E-state index contributed by atoms with van der Waals surface area (Å²) in [6.45, 7) is 3.24. The number of hydrogen-bond acceptors (Lipinski definition) is 5. The first-order chi connectivity index (χ1) is 10.6. The average molecular weight is 304 g/mol. The molecule has 1 aromatic heterocycles. The first-order valence-electron chi connectivity index (χ1n) is 7.16. The van der Waals surface area contributed by atoms with Crippen molar-refractivity contribution in [1.82, 2.24) is 4.57 Å². The van der Waals surface area contributed by atoms with Crippen molar-refractivity contribution in [3.63, 3.8) is 0 Å². The van der Waals surface area contributed by atoms with Gasteiger partial charge >= 0.3 is 5.97 Å². The molecule has 0 fully saturated rings. The van der Waals surface area contributed by atoms with Crippen LogP contribution in [0.25, 0.3) is 10.9 Å². The lowest BCUT2D eigenvalue weighted by Gasteiger charge is -2.12. The molecule has 2 N–H and O–H groups in total. The number of esters is 1. The summed E-state index contributed by atoms with van der Waals surface area (Å²) >= 11 is 0. The molecule has 6 nitrogen and oxygen atoms in total. The molecule has 0 aliphatic carbocycles. The molecular formula is C16H20N2O4. The van der Waals surface area contributed by atoms with Gasteiger partial charge in [-0.3, -0.25) is 9.59 Å². The van der Waals surface area contributed by atoms with Crippen LogP contribution in [0.15, 0.2) is 29.1 Å². The second kappa shape index (κ2) is 7.09. The second-order valence-electron chi connectivity index (χ2n) is 4.83. The maximum Gasteiger partial charge on any atom is 0.310 e. The molecule has 0 spiro atoms. The summed E-state index contributed by atoms with van der Waals surface area (Å²) in [6.07, 6.45) is -0.0311. The van der Waals surface area contributed by atoms with Gasteiger partial charge in [0.2, 0.25) is 0 Å². The highest BCUT2D eigenvalue weighted by molar-refractivity contribution is 5.82. The van der Waals surface area contributed by atoms with Crippen molar-refractivity contribution in [2.45, 2.75) is 19.9 Å². The summed E-state index contributed by atoms with van der Waals surface area (Å²) in [4.78, 5) is 23.9. The Balaban J connectivity index is 2.53. The highest BCUT2D eigenvalue weighted by atomic mass is 16.5. The van der Waals surface area contributed by atoms with Gasteiger partial charge in [-0.1, -0.05) is 0 Å². The van der Waals surface area contributed by atoms with E-state index in [1.54, 1.807) is 10.6 Å². The highest BCUT2D eigenvalue weighted by Gasteiger charge is 2.12. The maximum atomic E-state index is 12.5. The van der Waals surface area contributed by atoms with Gasteiger partial charge in [0.25, 0.3) is 5.56 Å². The van der Waals surface area contributed by atoms with Gasteiger partial charge in [0.05, 0.1) is 19.0 Å². The number of methoxy groups -OCH3 is 1. The number of rotatable bonds is 6. The van der Waals surface area contributed by atoms with Crippen LogP contribution in [-0.2, 0) is 22.5 Å². The van der Waals surface area contributed by atoms with Gasteiger partial charge in [-0.05, 0) is 30.5 Å². The van der Waals surface area contributed by atoms with Crippen molar-refractivity contribution in [3.05, 3.63) is 40.2 Å². The lowest BCUT2D eigenvalue weighted by molar-refractivity contribution is -0.139. The molecule has 0 amide bonds. The van der Waals surface area contributed by atoms with E-state index < -0.39 is 5.97 Å². The molecule has 0 bridgehead atoms. The van der Waals surface area contributed by atoms with Gasteiger partial charge in [0, 0.05) is 24.7 Å². The minimum atomic E-state index is -0.429. The molecule has 0 saturated carbocycles. The molecule has 22 heavy (non-hydrogen) atoms. The fraction of sp³-hybridized carbons (Fsp3) is 0.375. The zero-order chi connectivity index (χ0) is 16.1. The topological polar surface area (TPSA) is 83.5 Å². The number of aryl methyl sites for hydroxylation is 1. The van der Waals surface area contributed by atoms with Gasteiger partial charge in [-0.15, -0.1) is 0 Å². The largest absolute Gasteiger partial charge is 0.492 e. The summed E-state index contributed by atoms with van der Waals surface area (Å²) in [5.41, 5.74) is 6.44. The Labute approximate surface area is 128 Å². The molecule has 2 rings (SSSR count). The molecule has 0 radical (unpaired) electrons. The number of ether oxygens (including phenoxy) is 2. The number of nitrogens with zero attached hydrogens (tertiary/aromatic N) is 1. The van der Waals surface area contributed by atoms with Crippen LogP contribution in [0.1, 0.15) is 12.5 Å². The second-order valence-corrected chi connectivity index (χ2v) is 4.83. The number of aromatic nitrogens is 1. The summed E-state index contributed by atoms with van der Waals surface area (Å²) < 4.78 is 11.8. The Morgan fingerprint density at radius 3 is 2.73 bits per heavy atom. The predicted octanol–water partition coefficient (Wildman–Crippen LogP) is 1.07. The molecule has 1 heterocycles. The third kappa shape index (κ3) is 3.28. The van der Waals surface area contributed by atoms with Crippen molar-refractivity contribution < 1.29 is 14.3 Å². The zero-order valence-electron chi connectivity index (χ0n) is 12.8. The maximum absolute atomic E-state index is 12.5. The van der Waals surface area contributed by atoms with Crippen LogP contribution in [0, 0.1) is 0 Å². The molecule has 1 aromatic carbocycles. The van der Waals surface area contributed by atoms with Crippen molar-refractivity contribution in [2.75, 3.05) is 20.3 Å². The first-order valence-corrected chi connectivity index (χ1v) is 7.16. The van der Waals surface area contributed by atoms with Gasteiger partial charge in [0.1, 0.15) is 12.4 Å². The Kier molecular flexibility index (Phi) is 5.16. The number of carbonyl (C=O) groups excluding carboxylic acids is 1. The summed E-state index contributed by atoms with van der Waals surface area (Å²) in [5.74, 6) is 0.238. The molecule has 0 unspecified atom stereocenters. The monoisotopic (exact) mass is 304 g/mol. The minimum Gasteiger partial charge on any atom is -0.492 e. The number of benzene rings is 1. The summed E-state index contributed by atoms with van der Waals surface area (Å²) in [7, 11) is 1.31. The van der Waals surface area contributed by atoms with E-state index in [-0.39, 0.29) is 12.0 Å². The third-order valence-corrected chi connectivity index (χ3v) is 3.41. The Morgan fingerprint density at radius 2 is 2.09 bits per heavy atom. The standard InChI is InChI=1S/C16H20N2O4/c1-3-18-14-10-13(22-7-6-17)5-4-11(14)8-12(16(18)20)9-15(19)21-2/h4-5,8,10H,3,6-7,9,17H2,1-2H3. The van der Waals surface area contributed by atoms with Gasteiger partial charge in [0.15, 0.2) is 0 Å². The van der Waals surface area contributed by atoms with E-state index in [0.717, 1.165) is 10.9 Å². The fourth-order valence-electron chi connectivity index (χ4n) is 2.35. The molecule has 118 valence electrons. The smallest absolute Gasteiger partial charge is 0.310 e. The molecule has 0 atom stereocenters. The Bertz CT molecular complexity index is 737. The molecule has 0 aliphatic rings. The van der Waals surface area contributed by atoms with E-state index in [1.165, 1.54) is 7.11 Å². The normalized spacial score (nSPS) is 10.7. The summed E-state index contributed by atoms with van der Waals surface area (Å²) in [5, 5.41) is 0.875. The van der Waals surface area contributed by atoms with Crippen LogP contribution in [0.2, 0.25) is 0 Å². The highest BCUT2D eigenvalue weighted by Crippen LogP contribution is 2.21. The van der Waals surface area contributed by atoms with Crippen molar-refractivity contribution in [1.29, 1.82) is 0 Å². The van der Waals surface area contributed by atoms with E-state index in [1.807, 2.05) is 25.1 Å². The molecular weight excluding hydrogens is 284 g/mol. The number of nitrogens with two attached hydrogens (primary N) is 1. The number of hydrogen-bond donors (Lipinski definition) is 1. The molecule has 6 heteroatoms. The van der Waals surface area contributed by atoms with Gasteiger partial charge in [-0.25, -0.2) is 0 Å². The lowest BCUT2D eigenvalue weighted by atomic mass is 10.1. The van der Waals surface area contributed by atoms with Crippen molar-refractivity contribution in [3.8, 4) is 5.75 Å². The number of pyridine rings is 1. The van der Waals surface area contributed by atoms with Gasteiger partial charge < -0.3 is 19.8 Å². The SMILES string of the molecule is CCn1c(=O)c(CC(=O)OC)cc2ccc(OCCN)cc21. The van der Waals surface area contributed by atoms with E-state index >= 15 is 0 Å². The first kappa shape index (κ1) is 16.0. The number of carbonyl (C=O) groups is 1. The molecule has 2 aromatic rings.